The van der Waals surface area contributed by atoms with Crippen molar-refractivity contribution in [2.45, 2.75) is 0 Å². The predicted octanol–water partition coefficient (Wildman–Crippen LogP) is 4.11. The molecule has 5 aromatic rings. The normalized spacial score (nSPS) is 10.8. The third kappa shape index (κ3) is 3.77. The van der Waals surface area contributed by atoms with Crippen LogP contribution in [0.15, 0.2) is 85.1 Å². The Morgan fingerprint density at radius 2 is 1.78 bits per heavy atom. The number of fused-ring (bicyclic) bond motifs is 1. The Morgan fingerprint density at radius 1 is 0.906 bits per heavy atom. The third-order valence-electron chi connectivity index (χ3n) is 4.93. The Balaban J connectivity index is 1.44. The zero-order valence-corrected chi connectivity index (χ0v) is 17.1. The number of rotatable bonds is 5. The highest BCUT2D eigenvalue weighted by Gasteiger charge is 2.12. The molecule has 0 aliphatic rings. The van der Waals surface area contributed by atoms with Crippen LogP contribution in [0.4, 0.5) is 5.69 Å². The predicted molar refractivity (Wildman–Crippen MR) is 120 cm³/mol. The maximum atomic E-state index is 12.6. The lowest BCUT2D eigenvalue weighted by molar-refractivity contribution is 0.102. The van der Waals surface area contributed by atoms with Crippen molar-refractivity contribution >= 4 is 17.2 Å². The van der Waals surface area contributed by atoms with Gasteiger partial charge in [0.2, 0.25) is 5.82 Å². The number of nitrogens with zero attached hydrogens (tertiary/aromatic N) is 5. The van der Waals surface area contributed by atoms with Crippen molar-refractivity contribution in [2.24, 2.45) is 0 Å². The van der Waals surface area contributed by atoms with Gasteiger partial charge in [-0.2, -0.15) is 9.61 Å². The van der Waals surface area contributed by atoms with Crippen LogP contribution >= 0.6 is 0 Å². The average molecular weight is 422 g/mol. The highest BCUT2D eigenvalue weighted by atomic mass is 16.5. The first-order valence-electron chi connectivity index (χ1n) is 9.91. The molecule has 8 heteroatoms. The van der Waals surface area contributed by atoms with Crippen molar-refractivity contribution in [3.8, 4) is 28.5 Å². The summed E-state index contributed by atoms with van der Waals surface area (Å²) in [6.45, 7) is 0. The summed E-state index contributed by atoms with van der Waals surface area (Å²) in [5.41, 5.74) is 4.08. The molecule has 0 aliphatic carbocycles. The van der Waals surface area contributed by atoms with E-state index in [-0.39, 0.29) is 5.91 Å². The van der Waals surface area contributed by atoms with Crippen molar-refractivity contribution in [1.29, 1.82) is 0 Å². The third-order valence-corrected chi connectivity index (χ3v) is 4.93. The number of ether oxygens (including phenoxy) is 1. The summed E-state index contributed by atoms with van der Waals surface area (Å²) >= 11 is 0. The first kappa shape index (κ1) is 19.4. The molecular weight excluding hydrogens is 404 g/mol. The molecule has 0 spiro atoms. The summed E-state index contributed by atoms with van der Waals surface area (Å²) in [4.78, 5) is 16.9. The van der Waals surface area contributed by atoms with Crippen LogP contribution < -0.4 is 10.1 Å². The average Bonchev–Trinajstić information content (AvgIpc) is 3.28. The van der Waals surface area contributed by atoms with E-state index in [9.17, 15) is 4.79 Å². The van der Waals surface area contributed by atoms with Crippen LogP contribution in [0.3, 0.4) is 0 Å². The van der Waals surface area contributed by atoms with Gasteiger partial charge >= 0.3 is 0 Å². The number of benzene rings is 2. The van der Waals surface area contributed by atoms with Crippen LogP contribution in [-0.4, -0.2) is 37.8 Å². The number of carbonyl (C=O) groups excluding carboxylic acids is 1. The van der Waals surface area contributed by atoms with E-state index >= 15 is 0 Å². The van der Waals surface area contributed by atoms with Crippen molar-refractivity contribution in [3.63, 3.8) is 0 Å². The van der Waals surface area contributed by atoms with Crippen molar-refractivity contribution in [2.75, 3.05) is 12.4 Å². The second-order valence-corrected chi connectivity index (χ2v) is 6.99. The Labute approximate surface area is 183 Å². The van der Waals surface area contributed by atoms with Gasteiger partial charge in [-0.1, -0.05) is 18.2 Å². The molecule has 5 rings (SSSR count). The van der Waals surface area contributed by atoms with Gasteiger partial charge < -0.3 is 10.1 Å². The molecule has 156 valence electrons. The first-order valence-corrected chi connectivity index (χ1v) is 9.91. The lowest BCUT2D eigenvalue weighted by atomic mass is 10.1. The number of hydrogen-bond acceptors (Lipinski definition) is 6. The number of pyridine rings is 1. The van der Waals surface area contributed by atoms with E-state index in [1.54, 1.807) is 42.1 Å². The van der Waals surface area contributed by atoms with Crippen LogP contribution in [-0.2, 0) is 0 Å². The number of amides is 1. The molecule has 3 aromatic heterocycles. The lowest BCUT2D eigenvalue weighted by Gasteiger charge is -2.08. The fourth-order valence-electron chi connectivity index (χ4n) is 3.30. The molecule has 8 nitrogen and oxygen atoms in total. The van der Waals surface area contributed by atoms with Crippen molar-refractivity contribution in [3.05, 3.63) is 90.6 Å². The molecule has 0 unspecified atom stereocenters. The van der Waals surface area contributed by atoms with Crippen LogP contribution in [0, 0.1) is 0 Å². The number of nitrogens with one attached hydrogen (secondary N) is 1. The summed E-state index contributed by atoms with van der Waals surface area (Å²) in [6.07, 6.45) is 1.70. The summed E-state index contributed by atoms with van der Waals surface area (Å²) in [5, 5.41) is 16.0. The number of carbonyl (C=O) groups is 1. The molecule has 32 heavy (non-hydrogen) atoms. The van der Waals surface area contributed by atoms with Gasteiger partial charge in [-0.3, -0.25) is 9.78 Å². The van der Waals surface area contributed by atoms with Gasteiger partial charge in [0.05, 0.1) is 12.8 Å². The van der Waals surface area contributed by atoms with E-state index in [2.05, 4.69) is 20.5 Å². The number of aromatic nitrogens is 5. The molecule has 0 radical (unpaired) electrons. The molecule has 0 atom stereocenters. The Morgan fingerprint density at radius 3 is 2.56 bits per heavy atom. The second kappa shape index (κ2) is 8.27. The standard InChI is InChI=1S/C24H18N6O2/c1-32-19-10-8-16(9-11-19)24(31)26-18-6-4-5-17(15-18)20-12-13-22-27-28-23(30(22)29-20)21-7-2-3-14-25-21/h2-15H,1H3,(H,26,31). The van der Waals surface area contributed by atoms with Crippen LogP contribution in [0.2, 0.25) is 0 Å². The van der Waals surface area contributed by atoms with Crippen LogP contribution in [0.1, 0.15) is 10.4 Å². The summed E-state index contributed by atoms with van der Waals surface area (Å²) < 4.78 is 6.81. The highest BCUT2D eigenvalue weighted by molar-refractivity contribution is 6.04. The minimum atomic E-state index is -0.204. The Hall–Kier alpha value is -4.59. The number of anilines is 1. The molecule has 1 amide bonds. The maximum absolute atomic E-state index is 12.6. The van der Waals surface area contributed by atoms with Gasteiger partial charge in [-0.15, -0.1) is 10.2 Å². The van der Waals surface area contributed by atoms with Gasteiger partial charge in [0.1, 0.15) is 11.4 Å². The molecule has 0 saturated heterocycles. The molecule has 2 aromatic carbocycles. The molecule has 3 heterocycles. The fourth-order valence-corrected chi connectivity index (χ4v) is 3.30. The molecule has 0 saturated carbocycles. The van der Waals surface area contributed by atoms with Gasteiger partial charge in [-0.25, -0.2) is 0 Å². The van der Waals surface area contributed by atoms with Gasteiger partial charge in [0.15, 0.2) is 5.65 Å². The minimum absolute atomic E-state index is 0.204. The molecule has 0 fully saturated rings. The summed E-state index contributed by atoms with van der Waals surface area (Å²) in [7, 11) is 1.59. The summed E-state index contributed by atoms with van der Waals surface area (Å²) in [6, 6.07) is 23.8. The second-order valence-electron chi connectivity index (χ2n) is 6.99. The van der Waals surface area contributed by atoms with Crippen molar-refractivity contribution < 1.29 is 9.53 Å². The number of hydrogen-bond donors (Lipinski definition) is 1. The zero-order chi connectivity index (χ0) is 21.9. The van der Waals surface area contributed by atoms with Gasteiger partial charge in [0.25, 0.3) is 5.91 Å². The molecule has 1 N–H and O–H groups in total. The molecule has 0 bridgehead atoms. The minimum Gasteiger partial charge on any atom is -0.497 e. The smallest absolute Gasteiger partial charge is 0.255 e. The lowest BCUT2D eigenvalue weighted by Crippen LogP contribution is -2.11. The zero-order valence-electron chi connectivity index (χ0n) is 17.1. The topological polar surface area (TPSA) is 94.3 Å². The maximum Gasteiger partial charge on any atom is 0.255 e. The van der Waals surface area contributed by atoms with Crippen molar-refractivity contribution in [1.82, 2.24) is 24.8 Å². The SMILES string of the molecule is COc1ccc(C(=O)Nc2cccc(-c3ccc4nnc(-c5ccccn5)n4n3)c2)cc1. The Bertz CT molecular complexity index is 1400. The van der Waals surface area contributed by atoms with E-state index in [0.717, 1.165) is 11.3 Å². The quantitative estimate of drug-likeness (QED) is 0.458. The van der Waals surface area contributed by atoms with E-state index in [1.165, 1.54) is 0 Å². The monoisotopic (exact) mass is 422 g/mol. The number of methoxy groups -OCH3 is 1. The Kier molecular flexibility index (Phi) is 5.01. The largest absolute Gasteiger partial charge is 0.497 e. The van der Waals surface area contributed by atoms with Crippen LogP contribution in [0.5, 0.6) is 5.75 Å². The van der Waals surface area contributed by atoms with Gasteiger partial charge in [-0.05, 0) is 60.7 Å². The van der Waals surface area contributed by atoms with Crippen LogP contribution in [0.25, 0.3) is 28.4 Å². The van der Waals surface area contributed by atoms with Gasteiger partial charge in [0, 0.05) is 23.0 Å². The summed E-state index contributed by atoms with van der Waals surface area (Å²) in [5.74, 6) is 1.06. The first-order chi connectivity index (χ1) is 15.7. The van der Waals surface area contributed by atoms with E-state index in [4.69, 9.17) is 9.84 Å². The molecular formula is C24H18N6O2. The molecule has 0 aliphatic heterocycles. The van der Waals surface area contributed by atoms with E-state index in [0.29, 0.717) is 34.2 Å². The van der Waals surface area contributed by atoms with E-state index < -0.39 is 0 Å². The van der Waals surface area contributed by atoms with E-state index in [1.807, 2.05) is 54.6 Å². The highest BCUT2D eigenvalue weighted by Crippen LogP contribution is 2.23. The fraction of sp³-hybridized carbons (Fsp3) is 0.0417.